The molecule has 0 aliphatic heterocycles. The summed E-state index contributed by atoms with van der Waals surface area (Å²) in [6.07, 6.45) is 0.756. The van der Waals surface area contributed by atoms with Gasteiger partial charge in [-0.3, -0.25) is 0 Å². The molecule has 0 bridgehead atoms. The Morgan fingerprint density at radius 1 is 1.06 bits per heavy atom. The summed E-state index contributed by atoms with van der Waals surface area (Å²) in [4.78, 5) is 0. The first kappa shape index (κ1) is 16.9. The molecular formula is C13H29NO2S. The summed E-state index contributed by atoms with van der Waals surface area (Å²) in [5.41, 5.74) is 0. The monoisotopic (exact) mass is 263 g/mol. The first-order valence-corrected chi connectivity index (χ1v) is 8.38. The molecule has 0 saturated carbocycles. The van der Waals surface area contributed by atoms with Gasteiger partial charge >= 0.3 is 0 Å². The second-order valence-electron chi connectivity index (χ2n) is 5.46. The number of sulfone groups is 1. The predicted octanol–water partition coefficient (Wildman–Crippen LogP) is 2.47. The number of hydrogen-bond donors (Lipinski definition) is 1. The first-order chi connectivity index (χ1) is 7.72. The van der Waals surface area contributed by atoms with Crippen molar-refractivity contribution >= 4 is 9.84 Å². The number of rotatable bonds is 8. The van der Waals surface area contributed by atoms with Crippen molar-refractivity contribution in [2.75, 3.05) is 12.3 Å². The minimum Gasteiger partial charge on any atom is -0.314 e. The summed E-state index contributed by atoms with van der Waals surface area (Å²) in [5.74, 6) is 1.23. The first-order valence-electron chi connectivity index (χ1n) is 6.67. The zero-order valence-corrected chi connectivity index (χ0v) is 13.0. The lowest BCUT2D eigenvalue weighted by Gasteiger charge is -2.28. The topological polar surface area (TPSA) is 46.2 Å². The quantitative estimate of drug-likeness (QED) is 0.732. The van der Waals surface area contributed by atoms with E-state index in [1.807, 2.05) is 0 Å². The standard InChI is InChI=1S/C13H29NO2S/c1-7-14-12(6)13(10(2)3)8-9-17(15,16)11(4)5/h10-14H,7-9H2,1-6H3. The molecule has 0 aliphatic carbocycles. The average molecular weight is 263 g/mol. The van der Waals surface area contributed by atoms with Crippen molar-refractivity contribution in [1.29, 1.82) is 0 Å². The van der Waals surface area contributed by atoms with Crippen LogP contribution in [0, 0.1) is 11.8 Å². The Morgan fingerprint density at radius 2 is 1.59 bits per heavy atom. The fraction of sp³-hybridized carbons (Fsp3) is 1.00. The van der Waals surface area contributed by atoms with Gasteiger partial charge in [0.15, 0.2) is 9.84 Å². The van der Waals surface area contributed by atoms with Gasteiger partial charge in [0.2, 0.25) is 0 Å². The summed E-state index contributed by atoms with van der Waals surface area (Å²) in [6.45, 7) is 13.0. The molecule has 4 heteroatoms. The highest BCUT2D eigenvalue weighted by Crippen LogP contribution is 2.21. The predicted molar refractivity (Wildman–Crippen MR) is 75.0 cm³/mol. The molecular weight excluding hydrogens is 234 g/mol. The van der Waals surface area contributed by atoms with Crippen LogP contribution in [-0.2, 0) is 9.84 Å². The van der Waals surface area contributed by atoms with Gasteiger partial charge in [0.05, 0.1) is 11.0 Å². The summed E-state index contributed by atoms with van der Waals surface area (Å²) in [6, 6.07) is 0.377. The average Bonchev–Trinajstić information content (AvgIpc) is 2.17. The molecule has 0 aromatic carbocycles. The third-order valence-corrected chi connectivity index (χ3v) is 5.72. The third-order valence-electron chi connectivity index (χ3n) is 3.48. The van der Waals surface area contributed by atoms with Crippen LogP contribution >= 0.6 is 0 Å². The molecule has 1 N–H and O–H groups in total. The molecule has 0 amide bonds. The van der Waals surface area contributed by atoms with Gasteiger partial charge in [-0.05, 0) is 45.6 Å². The third kappa shape index (κ3) is 5.87. The van der Waals surface area contributed by atoms with Crippen molar-refractivity contribution < 1.29 is 8.42 Å². The maximum Gasteiger partial charge on any atom is 0.152 e. The Balaban J connectivity index is 4.48. The normalized spacial score (nSPS) is 16.5. The Hall–Kier alpha value is -0.0900. The van der Waals surface area contributed by atoms with E-state index in [0.717, 1.165) is 13.0 Å². The fourth-order valence-electron chi connectivity index (χ4n) is 2.17. The summed E-state index contributed by atoms with van der Waals surface area (Å²) < 4.78 is 23.6. The van der Waals surface area contributed by atoms with Crippen molar-refractivity contribution in [3.05, 3.63) is 0 Å². The molecule has 0 heterocycles. The highest BCUT2D eigenvalue weighted by Gasteiger charge is 2.24. The molecule has 0 aliphatic rings. The minimum atomic E-state index is -2.90. The van der Waals surface area contributed by atoms with Crippen LogP contribution in [0.5, 0.6) is 0 Å². The van der Waals surface area contributed by atoms with E-state index < -0.39 is 9.84 Å². The van der Waals surface area contributed by atoms with Crippen LogP contribution in [0.4, 0.5) is 0 Å². The maximum atomic E-state index is 11.8. The zero-order chi connectivity index (χ0) is 13.6. The molecule has 0 radical (unpaired) electrons. The Bertz CT molecular complexity index is 297. The van der Waals surface area contributed by atoms with Crippen LogP contribution in [0.3, 0.4) is 0 Å². The number of nitrogens with one attached hydrogen (secondary N) is 1. The lowest BCUT2D eigenvalue weighted by molar-refractivity contribution is 0.286. The molecule has 0 saturated heterocycles. The largest absolute Gasteiger partial charge is 0.314 e. The molecule has 2 atom stereocenters. The van der Waals surface area contributed by atoms with Gasteiger partial charge in [0.1, 0.15) is 0 Å². The van der Waals surface area contributed by atoms with Crippen molar-refractivity contribution in [3.8, 4) is 0 Å². The molecule has 0 fully saturated rings. The van der Waals surface area contributed by atoms with Gasteiger partial charge in [0.25, 0.3) is 0 Å². The van der Waals surface area contributed by atoms with Gasteiger partial charge in [-0.2, -0.15) is 0 Å². The second-order valence-corrected chi connectivity index (χ2v) is 8.14. The Morgan fingerprint density at radius 3 is 1.94 bits per heavy atom. The lowest BCUT2D eigenvalue weighted by atomic mass is 9.87. The summed E-state index contributed by atoms with van der Waals surface area (Å²) in [5, 5.41) is 3.14. The maximum absolute atomic E-state index is 11.8. The van der Waals surface area contributed by atoms with Crippen molar-refractivity contribution in [3.63, 3.8) is 0 Å². The molecule has 0 rings (SSSR count). The highest BCUT2D eigenvalue weighted by atomic mass is 32.2. The van der Waals surface area contributed by atoms with Crippen molar-refractivity contribution in [2.24, 2.45) is 11.8 Å². The highest BCUT2D eigenvalue weighted by molar-refractivity contribution is 7.91. The smallest absolute Gasteiger partial charge is 0.152 e. The van der Waals surface area contributed by atoms with Gasteiger partial charge in [-0.15, -0.1) is 0 Å². The van der Waals surface area contributed by atoms with Crippen molar-refractivity contribution in [2.45, 2.75) is 59.3 Å². The summed E-state index contributed by atoms with van der Waals surface area (Å²) >= 11 is 0. The fourth-order valence-corrected chi connectivity index (χ4v) is 3.24. The molecule has 17 heavy (non-hydrogen) atoms. The van der Waals surface area contributed by atoms with Crippen molar-refractivity contribution in [1.82, 2.24) is 5.32 Å². The van der Waals surface area contributed by atoms with E-state index in [-0.39, 0.29) is 5.25 Å². The molecule has 0 aromatic rings. The summed E-state index contributed by atoms with van der Waals surface area (Å²) in [7, 11) is -2.90. The molecule has 2 unspecified atom stereocenters. The second kappa shape index (κ2) is 7.37. The van der Waals surface area contributed by atoms with Gasteiger partial charge in [-0.1, -0.05) is 20.8 Å². The SMILES string of the molecule is CCNC(C)C(CCS(=O)(=O)C(C)C)C(C)C. The van der Waals surface area contributed by atoms with Crippen LogP contribution in [0.15, 0.2) is 0 Å². The van der Waals surface area contributed by atoms with Gasteiger partial charge in [-0.25, -0.2) is 8.42 Å². The van der Waals surface area contributed by atoms with Crippen LogP contribution in [-0.4, -0.2) is 32.0 Å². The van der Waals surface area contributed by atoms with E-state index in [0.29, 0.717) is 23.6 Å². The van der Waals surface area contributed by atoms with Crippen LogP contribution in [0.1, 0.15) is 48.0 Å². The molecule has 3 nitrogen and oxygen atoms in total. The molecule has 0 spiro atoms. The Labute approximate surface area is 107 Å². The van der Waals surface area contributed by atoms with Crippen LogP contribution in [0.2, 0.25) is 0 Å². The Kier molecular flexibility index (Phi) is 7.33. The zero-order valence-electron chi connectivity index (χ0n) is 12.2. The van der Waals surface area contributed by atoms with Gasteiger partial charge in [0, 0.05) is 6.04 Å². The molecule has 0 aromatic heterocycles. The minimum absolute atomic E-state index is 0.259. The van der Waals surface area contributed by atoms with Crippen LogP contribution < -0.4 is 5.32 Å². The van der Waals surface area contributed by atoms with E-state index >= 15 is 0 Å². The van der Waals surface area contributed by atoms with E-state index in [2.05, 4.69) is 33.0 Å². The molecule has 104 valence electrons. The van der Waals surface area contributed by atoms with Crippen LogP contribution in [0.25, 0.3) is 0 Å². The van der Waals surface area contributed by atoms with E-state index in [1.165, 1.54) is 0 Å². The van der Waals surface area contributed by atoms with E-state index in [4.69, 9.17) is 0 Å². The van der Waals surface area contributed by atoms with E-state index in [9.17, 15) is 8.42 Å². The van der Waals surface area contributed by atoms with Gasteiger partial charge < -0.3 is 5.32 Å². The lowest BCUT2D eigenvalue weighted by Crippen LogP contribution is -2.37. The van der Waals surface area contributed by atoms with E-state index in [1.54, 1.807) is 13.8 Å². The number of hydrogen-bond acceptors (Lipinski definition) is 3.